The molecule has 2 aromatic rings. The monoisotopic (exact) mass is 590 g/mol. The molecule has 0 bridgehead atoms. The fraction of sp³-hybridized carbons (Fsp3) is 0.480. The number of amides is 1. The number of halogens is 3. The number of aromatic nitrogens is 1. The summed E-state index contributed by atoms with van der Waals surface area (Å²) >= 11 is 0.684. The Morgan fingerprint density at radius 3 is 1.82 bits per heavy atom. The number of carboxylic acids is 2. The van der Waals surface area contributed by atoms with Crippen LogP contribution < -0.4 is 0 Å². The van der Waals surface area contributed by atoms with Crippen LogP contribution in [-0.4, -0.2) is 112 Å². The van der Waals surface area contributed by atoms with Crippen molar-refractivity contribution in [1.29, 1.82) is 0 Å². The van der Waals surface area contributed by atoms with Crippen LogP contribution in [0, 0.1) is 13.8 Å². The molecular weight excluding hydrogens is 557 g/mol. The van der Waals surface area contributed by atoms with Crippen LogP contribution >= 0.6 is 11.3 Å². The van der Waals surface area contributed by atoms with E-state index >= 15 is 0 Å². The summed E-state index contributed by atoms with van der Waals surface area (Å²) < 4.78 is 38.4. The van der Waals surface area contributed by atoms with Gasteiger partial charge < -0.3 is 20.2 Å². The largest absolute Gasteiger partial charge is 0.480 e. The molecule has 40 heavy (non-hydrogen) atoms. The number of hydrogen-bond acceptors (Lipinski definition) is 8. The normalized spacial score (nSPS) is 11.2. The van der Waals surface area contributed by atoms with Gasteiger partial charge in [0, 0.05) is 38.8 Å². The maximum Gasteiger partial charge on any atom is 0.427 e. The number of Topliss-reactive ketones (excluding diaryl/α,β-unsaturated/α-hetero) is 1. The van der Waals surface area contributed by atoms with E-state index < -0.39 is 29.1 Å². The van der Waals surface area contributed by atoms with Gasteiger partial charge in [-0.15, -0.1) is 11.3 Å². The second-order valence-electron chi connectivity index (χ2n) is 8.95. The summed E-state index contributed by atoms with van der Waals surface area (Å²) in [6.07, 6.45) is -5.46. The average molecular weight is 591 g/mol. The third-order valence-electron chi connectivity index (χ3n) is 5.29. The Hall–Kier alpha value is -3.56. The number of carboxylic acid groups (broad SMARTS) is 3. The molecule has 0 radical (unpaired) electrons. The minimum Gasteiger partial charge on any atom is -0.480 e. The van der Waals surface area contributed by atoms with Gasteiger partial charge in [0.15, 0.2) is 0 Å². The summed E-state index contributed by atoms with van der Waals surface area (Å²) in [4.78, 5) is 50.8. The molecule has 0 saturated carbocycles. The Bertz CT molecular complexity index is 1140. The predicted molar refractivity (Wildman–Crippen MR) is 142 cm³/mol. The number of benzene rings is 1. The number of carbonyl (C=O) groups excluding carboxylic acids is 1. The molecule has 11 nitrogen and oxygen atoms in total. The maximum absolute atomic E-state index is 12.8. The highest BCUT2D eigenvalue weighted by molar-refractivity contribution is 7.12. The van der Waals surface area contributed by atoms with Crippen LogP contribution in [0.4, 0.5) is 18.0 Å². The summed E-state index contributed by atoms with van der Waals surface area (Å²) in [7, 11) is 1.37. The Morgan fingerprint density at radius 2 is 1.35 bits per heavy atom. The van der Waals surface area contributed by atoms with E-state index in [2.05, 4.69) is 4.98 Å². The average Bonchev–Trinajstić information content (AvgIpc) is 3.22. The zero-order chi connectivity index (χ0) is 30.6. The minimum atomic E-state index is -4.34. The van der Waals surface area contributed by atoms with E-state index in [1.807, 2.05) is 6.92 Å². The second kappa shape index (κ2) is 15.9. The first-order chi connectivity index (χ1) is 18.5. The number of ketones is 1. The van der Waals surface area contributed by atoms with Crippen LogP contribution in [0.1, 0.15) is 22.4 Å². The van der Waals surface area contributed by atoms with E-state index in [0.717, 1.165) is 10.5 Å². The molecule has 0 saturated heterocycles. The van der Waals surface area contributed by atoms with Crippen LogP contribution in [-0.2, 0) is 20.6 Å². The highest BCUT2D eigenvalue weighted by Crippen LogP contribution is 2.40. The number of likely N-dealkylation sites (N-methyl/N-ethyl adjacent to an activating group) is 1. The Morgan fingerprint density at radius 1 is 0.850 bits per heavy atom. The number of rotatable bonds is 13. The topological polar surface area (TPSA) is 152 Å². The Balaban J connectivity index is 0.000000415. The second-order valence-corrected chi connectivity index (χ2v) is 10.2. The van der Waals surface area contributed by atoms with Crippen molar-refractivity contribution in [2.75, 3.05) is 52.9 Å². The minimum absolute atomic E-state index is 0.0278. The summed E-state index contributed by atoms with van der Waals surface area (Å²) in [5.41, 5.74) is 1.54. The highest BCUT2D eigenvalue weighted by atomic mass is 32.1. The molecule has 1 heterocycles. The number of carbonyl (C=O) groups is 4. The van der Waals surface area contributed by atoms with Crippen molar-refractivity contribution >= 4 is 35.2 Å². The molecule has 0 atom stereocenters. The number of nitrogens with zero attached hydrogens (tertiary/aromatic N) is 4. The summed E-state index contributed by atoms with van der Waals surface area (Å²) in [5, 5.41) is 26.9. The van der Waals surface area contributed by atoms with Gasteiger partial charge in [0.25, 0.3) is 0 Å². The van der Waals surface area contributed by atoms with Crippen LogP contribution in [0.25, 0.3) is 11.3 Å². The standard InChI is InChI=1S/C13H23N3O7.C12H10F3NS/c1-10(17)7-16(9-12(20)21)6-5-15(8-11(18)19)4-3-14(2)13(22)23;1-7-3-5-9(6-4-7)10-11(12(13,14)15)17-8(2)16-10/h3-9H2,1-2H3,(H,18,19)(H,20,21)(H,22,23);3-6H,1-2H3. The maximum atomic E-state index is 12.8. The number of alkyl halides is 3. The van der Waals surface area contributed by atoms with Gasteiger partial charge in [-0.1, -0.05) is 29.8 Å². The summed E-state index contributed by atoms with van der Waals surface area (Å²) in [6.45, 7) is 4.86. The first-order valence-electron chi connectivity index (χ1n) is 11.9. The third-order valence-corrected chi connectivity index (χ3v) is 6.31. The molecule has 0 fully saturated rings. The summed E-state index contributed by atoms with van der Waals surface area (Å²) in [5.74, 6) is -2.34. The van der Waals surface area contributed by atoms with Gasteiger partial charge in [0.05, 0.1) is 30.3 Å². The molecule has 222 valence electrons. The van der Waals surface area contributed by atoms with Gasteiger partial charge >= 0.3 is 24.2 Å². The molecular formula is C25H33F3N4O7S. The number of hydrogen-bond donors (Lipinski definition) is 3. The van der Waals surface area contributed by atoms with Gasteiger partial charge in [-0.2, -0.15) is 13.2 Å². The first-order valence-corrected chi connectivity index (χ1v) is 12.7. The van der Waals surface area contributed by atoms with Crippen LogP contribution in [0.3, 0.4) is 0 Å². The fourth-order valence-electron chi connectivity index (χ4n) is 3.38. The SMILES string of the molecule is CC(=O)CN(CCN(CCN(C)C(=O)O)CC(=O)O)CC(=O)O.Cc1ccc(-c2nc(C)sc2C(F)(F)F)cc1. The third kappa shape index (κ3) is 13.0. The van der Waals surface area contributed by atoms with Crippen molar-refractivity contribution in [3.05, 3.63) is 39.7 Å². The lowest BCUT2D eigenvalue weighted by atomic mass is 10.1. The lowest BCUT2D eigenvalue weighted by molar-refractivity contribution is -0.140. The van der Waals surface area contributed by atoms with Gasteiger partial charge in [-0.05, 0) is 20.8 Å². The van der Waals surface area contributed by atoms with Crippen LogP contribution in [0.2, 0.25) is 0 Å². The smallest absolute Gasteiger partial charge is 0.427 e. The van der Waals surface area contributed by atoms with E-state index in [-0.39, 0.29) is 57.3 Å². The number of aliphatic carboxylic acids is 2. The van der Waals surface area contributed by atoms with Crippen LogP contribution in [0.5, 0.6) is 0 Å². The van der Waals surface area contributed by atoms with E-state index in [1.54, 1.807) is 31.2 Å². The van der Waals surface area contributed by atoms with Gasteiger partial charge in [-0.25, -0.2) is 9.78 Å². The van der Waals surface area contributed by atoms with Gasteiger partial charge in [0.1, 0.15) is 10.7 Å². The fourth-order valence-corrected chi connectivity index (χ4v) is 4.19. The summed E-state index contributed by atoms with van der Waals surface area (Å²) in [6, 6.07) is 6.90. The van der Waals surface area contributed by atoms with E-state index in [9.17, 15) is 32.3 Å². The van der Waals surface area contributed by atoms with Crippen molar-refractivity contribution in [3.8, 4) is 11.3 Å². The molecule has 0 aliphatic heterocycles. The highest BCUT2D eigenvalue weighted by Gasteiger charge is 2.37. The Labute approximate surface area is 233 Å². The van der Waals surface area contributed by atoms with E-state index in [0.29, 0.717) is 21.9 Å². The zero-order valence-corrected chi connectivity index (χ0v) is 23.4. The molecule has 1 aromatic heterocycles. The molecule has 0 spiro atoms. The van der Waals surface area contributed by atoms with Crippen molar-refractivity contribution in [2.45, 2.75) is 26.9 Å². The molecule has 2 rings (SSSR count). The molecule has 1 aromatic carbocycles. The molecule has 15 heteroatoms. The van der Waals surface area contributed by atoms with Crippen molar-refractivity contribution < 1.29 is 47.7 Å². The molecule has 0 aliphatic carbocycles. The zero-order valence-electron chi connectivity index (χ0n) is 22.6. The van der Waals surface area contributed by atoms with E-state index in [4.69, 9.17) is 15.3 Å². The van der Waals surface area contributed by atoms with Gasteiger partial charge in [0.2, 0.25) is 0 Å². The first kappa shape index (κ1) is 34.5. The Kier molecular flexibility index (Phi) is 13.7. The molecule has 3 N–H and O–H groups in total. The lowest BCUT2D eigenvalue weighted by Gasteiger charge is -2.26. The van der Waals surface area contributed by atoms with Crippen molar-refractivity contribution in [2.24, 2.45) is 0 Å². The number of thiazole rings is 1. The van der Waals surface area contributed by atoms with Gasteiger partial charge in [-0.3, -0.25) is 24.2 Å². The van der Waals surface area contributed by atoms with Crippen LogP contribution in [0.15, 0.2) is 24.3 Å². The van der Waals surface area contributed by atoms with Crippen molar-refractivity contribution in [3.63, 3.8) is 0 Å². The molecule has 1 amide bonds. The predicted octanol–water partition coefficient (Wildman–Crippen LogP) is 3.40. The van der Waals surface area contributed by atoms with E-state index in [1.165, 1.54) is 23.8 Å². The molecule has 0 aliphatic rings. The quantitative estimate of drug-likeness (QED) is 0.317. The number of aryl methyl sites for hydroxylation is 2. The molecule has 0 unspecified atom stereocenters. The lowest BCUT2D eigenvalue weighted by Crippen LogP contribution is -2.44. The van der Waals surface area contributed by atoms with Crippen molar-refractivity contribution in [1.82, 2.24) is 19.7 Å².